The van der Waals surface area contributed by atoms with E-state index in [9.17, 15) is 4.79 Å². The molecule has 26 heavy (non-hydrogen) atoms. The smallest absolute Gasteiger partial charge is 0.226 e. The molecule has 0 bridgehead atoms. The lowest BCUT2D eigenvalue weighted by Gasteiger charge is -2.15. The van der Waals surface area contributed by atoms with Crippen molar-refractivity contribution in [1.82, 2.24) is 15.5 Å². The number of amides is 1. The summed E-state index contributed by atoms with van der Waals surface area (Å²) in [5.74, 6) is 0.677. The standard InChI is InChI=1S/C19H20ClN3O3/c1-11(21-18(24)19(2)4-5-19)15-8-12-7-14(20)17(9-16(12)22-15)25-10-13-3-6-26-23-13/h3,6-9,11,22H,4-5,10H2,1-2H3,(H,21,24). The number of carbonyl (C=O) groups excluding carboxylic acids is 1. The van der Waals surface area contributed by atoms with Gasteiger partial charge >= 0.3 is 0 Å². The van der Waals surface area contributed by atoms with Crippen LogP contribution < -0.4 is 10.1 Å². The van der Waals surface area contributed by atoms with E-state index in [-0.39, 0.29) is 24.0 Å². The highest BCUT2D eigenvalue weighted by Gasteiger charge is 2.45. The van der Waals surface area contributed by atoms with Gasteiger partial charge in [0.2, 0.25) is 5.91 Å². The van der Waals surface area contributed by atoms with Crippen LogP contribution in [0.25, 0.3) is 10.9 Å². The molecular formula is C19H20ClN3O3. The molecule has 2 heterocycles. The Kier molecular flexibility index (Phi) is 4.15. The summed E-state index contributed by atoms with van der Waals surface area (Å²) in [6, 6.07) is 7.35. The average Bonchev–Trinajstić information content (AvgIpc) is 3.01. The molecule has 1 aromatic carbocycles. The van der Waals surface area contributed by atoms with Gasteiger partial charge in [-0.3, -0.25) is 4.79 Å². The predicted molar refractivity (Wildman–Crippen MR) is 98.0 cm³/mol. The summed E-state index contributed by atoms with van der Waals surface area (Å²) in [6.07, 6.45) is 3.42. The summed E-state index contributed by atoms with van der Waals surface area (Å²) in [5, 5.41) is 8.38. The van der Waals surface area contributed by atoms with Gasteiger partial charge in [0.25, 0.3) is 0 Å². The lowest BCUT2D eigenvalue weighted by Crippen LogP contribution is -2.32. The molecule has 1 fully saturated rings. The molecule has 1 amide bonds. The molecule has 6 nitrogen and oxygen atoms in total. The second-order valence-corrected chi connectivity index (χ2v) is 7.54. The highest BCUT2D eigenvalue weighted by atomic mass is 35.5. The Morgan fingerprint density at radius 1 is 1.46 bits per heavy atom. The van der Waals surface area contributed by atoms with E-state index in [2.05, 4.69) is 15.5 Å². The van der Waals surface area contributed by atoms with Crippen LogP contribution in [0, 0.1) is 5.41 Å². The van der Waals surface area contributed by atoms with E-state index in [1.165, 1.54) is 6.26 Å². The third-order valence-electron chi connectivity index (χ3n) is 4.92. The van der Waals surface area contributed by atoms with Crippen LogP contribution in [-0.2, 0) is 11.4 Å². The van der Waals surface area contributed by atoms with Crippen LogP contribution in [0.4, 0.5) is 0 Å². The van der Waals surface area contributed by atoms with Crippen LogP contribution in [0.1, 0.15) is 44.1 Å². The summed E-state index contributed by atoms with van der Waals surface area (Å²) in [7, 11) is 0. The molecule has 1 saturated carbocycles. The maximum atomic E-state index is 12.3. The monoisotopic (exact) mass is 373 g/mol. The molecule has 3 aromatic rings. The van der Waals surface area contributed by atoms with Crippen LogP contribution in [0.5, 0.6) is 5.75 Å². The fraction of sp³-hybridized carbons (Fsp3) is 0.368. The summed E-state index contributed by atoms with van der Waals surface area (Å²) < 4.78 is 10.5. The first kappa shape index (κ1) is 17.0. The molecule has 1 aliphatic rings. The highest BCUT2D eigenvalue weighted by molar-refractivity contribution is 6.32. The maximum Gasteiger partial charge on any atom is 0.226 e. The first-order valence-corrected chi connectivity index (χ1v) is 8.98. The largest absolute Gasteiger partial charge is 0.486 e. The number of rotatable bonds is 6. The zero-order valence-electron chi connectivity index (χ0n) is 14.6. The van der Waals surface area contributed by atoms with Gasteiger partial charge in [-0.1, -0.05) is 23.7 Å². The first-order chi connectivity index (χ1) is 12.4. The van der Waals surface area contributed by atoms with E-state index in [1.54, 1.807) is 6.07 Å². The Hall–Kier alpha value is -2.47. The number of aromatic nitrogens is 2. The van der Waals surface area contributed by atoms with Crippen molar-refractivity contribution < 1.29 is 14.1 Å². The molecule has 0 spiro atoms. The number of nitrogens with one attached hydrogen (secondary N) is 2. The molecule has 0 radical (unpaired) electrons. The number of hydrogen-bond donors (Lipinski definition) is 2. The van der Waals surface area contributed by atoms with Crippen LogP contribution in [-0.4, -0.2) is 16.0 Å². The Bertz CT molecular complexity index is 945. The van der Waals surface area contributed by atoms with Crippen LogP contribution >= 0.6 is 11.6 Å². The van der Waals surface area contributed by atoms with Crippen molar-refractivity contribution in [2.45, 2.75) is 39.3 Å². The zero-order chi connectivity index (χ0) is 18.3. The minimum absolute atomic E-state index is 0.106. The minimum Gasteiger partial charge on any atom is -0.486 e. The second kappa shape index (κ2) is 6.36. The molecule has 7 heteroatoms. The molecule has 2 aromatic heterocycles. The predicted octanol–water partition coefficient (Wildman–Crippen LogP) is 4.37. The van der Waals surface area contributed by atoms with Gasteiger partial charge in [-0.2, -0.15) is 0 Å². The number of ether oxygens (including phenoxy) is 1. The SMILES string of the molecule is CC(NC(=O)C1(C)CC1)c1cc2cc(Cl)c(OCc3ccon3)cc2[nH]1. The number of H-pyrrole nitrogens is 1. The maximum absolute atomic E-state index is 12.3. The molecule has 0 saturated heterocycles. The molecule has 0 aliphatic heterocycles. The number of nitrogens with zero attached hydrogens (tertiary/aromatic N) is 1. The summed E-state index contributed by atoms with van der Waals surface area (Å²) in [5.41, 5.74) is 2.34. The third kappa shape index (κ3) is 3.29. The Morgan fingerprint density at radius 2 is 2.27 bits per heavy atom. The number of hydrogen-bond acceptors (Lipinski definition) is 4. The minimum atomic E-state index is -0.189. The van der Waals surface area contributed by atoms with E-state index < -0.39 is 0 Å². The van der Waals surface area contributed by atoms with Gasteiger partial charge in [0, 0.05) is 34.1 Å². The van der Waals surface area contributed by atoms with E-state index in [0.29, 0.717) is 16.5 Å². The quantitative estimate of drug-likeness (QED) is 0.672. The number of halogens is 1. The van der Waals surface area contributed by atoms with Crippen molar-refractivity contribution >= 4 is 28.4 Å². The highest BCUT2D eigenvalue weighted by Crippen LogP contribution is 2.45. The lowest BCUT2D eigenvalue weighted by molar-refractivity contribution is -0.126. The van der Waals surface area contributed by atoms with Crippen molar-refractivity contribution in [3.8, 4) is 5.75 Å². The van der Waals surface area contributed by atoms with Crippen LogP contribution in [0.2, 0.25) is 5.02 Å². The fourth-order valence-corrected chi connectivity index (χ4v) is 3.05. The Morgan fingerprint density at radius 3 is 2.96 bits per heavy atom. The van der Waals surface area contributed by atoms with Gasteiger partial charge in [-0.05, 0) is 31.9 Å². The number of aromatic amines is 1. The molecule has 4 rings (SSSR count). The number of fused-ring (bicyclic) bond motifs is 1. The van der Waals surface area contributed by atoms with E-state index in [4.69, 9.17) is 20.9 Å². The summed E-state index contributed by atoms with van der Waals surface area (Å²) in [6.45, 7) is 4.25. The van der Waals surface area contributed by atoms with Crippen molar-refractivity contribution in [3.63, 3.8) is 0 Å². The first-order valence-electron chi connectivity index (χ1n) is 8.60. The van der Waals surface area contributed by atoms with Gasteiger partial charge in [0.1, 0.15) is 24.3 Å². The summed E-state index contributed by atoms with van der Waals surface area (Å²) >= 11 is 6.33. The van der Waals surface area contributed by atoms with Gasteiger partial charge in [0.15, 0.2) is 0 Å². The molecule has 136 valence electrons. The number of carbonyl (C=O) groups is 1. The topological polar surface area (TPSA) is 80.2 Å². The van der Waals surface area contributed by atoms with Gasteiger partial charge in [-0.25, -0.2) is 0 Å². The van der Waals surface area contributed by atoms with E-state index >= 15 is 0 Å². The van der Waals surface area contributed by atoms with Crippen molar-refractivity contribution in [2.24, 2.45) is 5.41 Å². The third-order valence-corrected chi connectivity index (χ3v) is 5.22. The Labute approximate surface area is 155 Å². The number of benzene rings is 1. The van der Waals surface area contributed by atoms with Crippen molar-refractivity contribution in [2.75, 3.05) is 0 Å². The van der Waals surface area contributed by atoms with Crippen LogP contribution in [0.15, 0.2) is 35.1 Å². The molecule has 1 aliphatic carbocycles. The van der Waals surface area contributed by atoms with Crippen LogP contribution in [0.3, 0.4) is 0 Å². The second-order valence-electron chi connectivity index (χ2n) is 7.13. The molecule has 1 atom stereocenters. The fourth-order valence-electron chi connectivity index (χ4n) is 2.83. The van der Waals surface area contributed by atoms with Crippen molar-refractivity contribution in [3.05, 3.63) is 46.9 Å². The van der Waals surface area contributed by atoms with E-state index in [0.717, 1.165) is 29.4 Å². The van der Waals surface area contributed by atoms with E-state index in [1.807, 2.05) is 32.0 Å². The zero-order valence-corrected chi connectivity index (χ0v) is 15.4. The summed E-state index contributed by atoms with van der Waals surface area (Å²) in [4.78, 5) is 15.6. The van der Waals surface area contributed by atoms with Crippen molar-refractivity contribution in [1.29, 1.82) is 0 Å². The van der Waals surface area contributed by atoms with Gasteiger partial charge < -0.3 is 19.6 Å². The van der Waals surface area contributed by atoms with Gasteiger partial charge in [0.05, 0.1) is 11.1 Å². The lowest BCUT2D eigenvalue weighted by atomic mass is 10.1. The average molecular weight is 374 g/mol. The Balaban J connectivity index is 1.51. The molecular weight excluding hydrogens is 354 g/mol. The normalized spacial score (nSPS) is 16.4. The molecule has 2 N–H and O–H groups in total. The molecule has 1 unspecified atom stereocenters. The van der Waals surface area contributed by atoms with Gasteiger partial charge in [-0.15, -0.1) is 0 Å².